The van der Waals surface area contributed by atoms with E-state index in [1.165, 1.54) is 12.1 Å². The molecule has 2 aromatic rings. The lowest BCUT2D eigenvalue weighted by Crippen LogP contribution is -2.44. The van der Waals surface area contributed by atoms with E-state index in [9.17, 15) is 14.0 Å². The van der Waals surface area contributed by atoms with Crippen LogP contribution in [0.2, 0.25) is 0 Å². The number of nitrogens with one attached hydrogen (secondary N) is 1. The van der Waals surface area contributed by atoms with Gasteiger partial charge in [-0.05, 0) is 41.8 Å². The molecule has 130 valence electrons. The third-order valence-electron chi connectivity index (χ3n) is 4.25. The Morgan fingerprint density at radius 1 is 1.20 bits per heavy atom. The minimum Gasteiger partial charge on any atom is -0.350 e. The van der Waals surface area contributed by atoms with Crippen molar-refractivity contribution in [3.05, 3.63) is 69.9 Å². The van der Waals surface area contributed by atoms with E-state index in [0.717, 1.165) is 15.6 Å². The van der Waals surface area contributed by atoms with E-state index in [2.05, 4.69) is 21.2 Å². The van der Waals surface area contributed by atoms with Crippen molar-refractivity contribution in [3.63, 3.8) is 0 Å². The summed E-state index contributed by atoms with van der Waals surface area (Å²) in [6.07, 6.45) is 0.862. The first-order chi connectivity index (χ1) is 12.0. The third-order valence-corrected chi connectivity index (χ3v) is 4.75. The normalized spacial score (nSPS) is 17.0. The second-order valence-electron chi connectivity index (χ2n) is 6.05. The molecule has 1 heterocycles. The van der Waals surface area contributed by atoms with Crippen molar-refractivity contribution < 1.29 is 14.0 Å². The van der Waals surface area contributed by atoms with Crippen molar-refractivity contribution in [3.8, 4) is 0 Å². The van der Waals surface area contributed by atoms with Gasteiger partial charge in [0.2, 0.25) is 11.8 Å². The molecular weight excluding hydrogens is 387 g/mol. The lowest BCUT2D eigenvalue weighted by molar-refractivity contribution is -0.135. The Kier molecular flexibility index (Phi) is 5.48. The predicted octanol–water partition coefficient (Wildman–Crippen LogP) is 3.40. The maximum atomic E-state index is 13.0. The minimum atomic E-state index is -0.482. The fourth-order valence-electron chi connectivity index (χ4n) is 2.94. The maximum Gasteiger partial charge on any atom is 0.243 e. The van der Waals surface area contributed by atoms with Crippen LogP contribution in [0.25, 0.3) is 0 Å². The first-order valence-corrected chi connectivity index (χ1v) is 8.88. The van der Waals surface area contributed by atoms with E-state index in [-0.39, 0.29) is 17.6 Å². The monoisotopic (exact) mass is 404 g/mol. The fraction of sp³-hybridized carbons (Fsp3) is 0.263. The standard InChI is InChI=1S/C19H18BrFN2O2/c20-15-3-1-2-14(10-15)11-22-19(25)17-8-9-18(24)23(17)12-13-4-6-16(21)7-5-13/h1-7,10,17H,8-9,11-12H2,(H,22,25). The Balaban J connectivity index is 1.64. The number of rotatable bonds is 5. The fourth-order valence-corrected chi connectivity index (χ4v) is 3.39. The number of carbonyl (C=O) groups is 2. The van der Waals surface area contributed by atoms with Gasteiger partial charge in [0.15, 0.2) is 0 Å². The van der Waals surface area contributed by atoms with Gasteiger partial charge in [-0.3, -0.25) is 9.59 Å². The Labute approximate surface area is 154 Å². The van der Waals surface area contributed by atoms with Gasteiger partial charge in [0.25, 0.3) is 0 Å². The van der Waals surface area contributed by atoms with E-state index in [4.69, 9.17) is 0 Å². The molecule has 0 spiro atoms. The van der Waals surface area contributed by atoms with Crippen LogP contribution in [0, 0.1) is 5.82 Å². The Bertz CT molecular complexity index is 779. The molecule has 4 nitrogen and oxygen atoms in total. The van der Waals surface area contributed by atoms with Crippen LogP contribution in [0.5, 0.6) is 0 Å². The summed E-state index contributed by atoms with van der Waals surface area (Å²) in [4.78, 5) is 26.2. The van der Waals surface area contributed by atoms with Gasteiger partial charge in [0.1, 0.15) is 11.9 Å². The summed E-state index contributed by atoms with van der Waals surface area (Å²) < 4.78 is 14.0. The SMILES string of the molecule is O=C(NCc1cccc(Br)c1)C1CCC(=O)N1Cc1ccc(F)cc1. The van der Waals surface area contributed by atoms with Crippen LogP contribution in [0.3, 0.4) is 0 Å². The highest BCUT2D eigenvalue weighted by Crippen LogP contribution is 2.22. The van der Waals surface area contributed by atoms with Gasteiger partial charge in [0, 0.05) is 24.0 Å². The average Bonchev–Trinajstić information content (AvgIpc) is 2.96. The van der Waals surface area contributed by atoms with Crippen LogP contribution in [-0.4, -0.2) is 22.8 Å². The zero-order chi connectivity index (χ0) is 17.8. The lowest BCUT2D eigenvalue weighted by atomic mass is 10.1. The van der Waals surface area contributed by atoms with Crippen LogP contribution in [0.4, 0.5) is 4.39 Å². The van der Waals surface area contributed by atoms with Crippen LogP contribution in [0.15, 0.2) is 53.0 Å². The van der Waals surface area contributed by atoms with Crippen LogP contribution in [0.1, 0.15) is 24.0 Å². The molecule has 1 N–H and O–H groups in total. The van der Waals surface area contributed by atoms with Gasteiger partial charge in [-0.25, -0.2) is 4.39 Å². The van der Waals surface area contributed by atoms with E-state index in [0.29, 0.717) is 25.9 Å². The molecule has 1 aliphatic heterocycles. The van der Waals surface area contributed by atoms with E-state index in [1.54, 1.807) is 17.0 Å². The molecule has 1 atom stereocenters. The lowest BCUT2D eigenvalue weighted by Gasteiger charge is -2.24. The van der Waals surface area contributed by atoms with Crippen LogP contribution >= 0.6 is 15.9 Å². The maximum absolute atomic E-state index is 13.0. The molecule has 2 amide bonds. The molecule has 0 saturated carbocycles. The predicted molar refractivity (Wildman–Crippen MR) is 96.0 cm³/mol. The second-order valence-corrected chi connectivity index (χ2v) is 6.97. The molecule has 2 aromatic carbocycles. The number of carbonyl (C=O) groups excluding carboxylic acids is 2. The Hall–Kier alpha value is -2.21. The van der Waals surface area contributed by atoms with Crippen molar-refractivity contribution in [1.29, 1.82) is 0 Å². The van der Waals surface area contributed by atoms with E-state index >= 15 is 0 Å². The molecule has 1 aliphatic rings. The van der Waals surface area contributed by atoms with Crippen molar-refractivity contribution in [2.24, 2.45) is 0 Å². The largest absolute Gasteiger partial charge is 0.350 e. The molecule has 0 aliphatic carbocycles. The number of halogens is 2. The zero-order valence-electron chi connectivity index (χ0n) is 13.5. The number of benzene rings is 2. The molecule has 1 fully saturated rings. The topological polar surface area (TPSA) is 49.4 Å². The minimum absolute atomic E-state index is 0.0491. The summed E-state index contributed by atoms with van der Waals surface area (Å²) in [7, 11) is 0. The Morgan fingerprint density at radius 3 is 2.68 bits per heavy atom. The molecule has 0 bridgehead atoms. The average molecular weight is 405 g/mol. The number of nitrogens with zero attached hydrogens (tertiary/aromatic N) is 1. The van der Waals surface area contributed by atoms with E-state index < -0.39 is 6.04 Å². The van der Waals surface area contributed by atoms with Crippen molar-refractivity contribution in [2.75, 3.05) is 0 Å². The summed E-state index contributed by atoms with van der Waals surface area (Å²) in [6.45, 7) is 0.724. The molecule has 1 unspecified atom stereocenters. The summed E-state index contributed by atoms with van der Waals surface area (Å²) in [5, 5.41) is 2.90. The smallest absolute Gasteiger partial charge is 0.243 e. The molecule has 25 heavy (non-hydrogen) atoms. The zero-order valence-corrected chi connectivity index (χ0v) is 15.1. The Morgan fingerprint density at radius 2 is 1.96 bits per heavy atom. The van der Waals surface area contributed by atoms with Gasteiger partial charge >= 0.3 is 0 Å². The van der Waals surface area contributed by atoms with Crippen LogP contribution in [-0.2, 0) is 22.7 Å². The van der Waals surface area contributed by atoms with E-state index in [1.807, 2.05) is 24.3 Å². The summed E-state index contributed by atoms with van der Waals surface area (Å²) in [5.41, 5.74) is 1.79. The summed E-state index contributed by atoms with van der Waals surface area (Å²) in [5.74, 6) is -0.528. The van der Waals surface area contributed by atoms with Gasteiger partial charge in [-0.2, -0.15) is 0 Å². The van der Waals surface area contributed by atoms with Crippen molar-refractivity contribution in [1.82, 2.24) is 10.2 Å². The number of amides is 2. The van der Waals surface area contributed by atoms with Gasteiger partial charge in [0.05, 0.1) is 0 Å². The number of hydrogen-bond donors (Lipinski definition) is 1. The van der Waals surface area contributed by atoms with Crippen molar-refractivity contribution in [2.45, 2.75) is 32.0 Å². The third kappa shape index (κ3) is 4.45. The summed E-state index contributed by atoms with van der Waals surface area (Å²) >= 11 is 3.40. The number of likely N-dealkylation sites (tertiary alicyclic amines) is 1. The quantitative estimate of drug-likeness (QED) is 0.829. The van der Waals surface area contributed by atoms with Gasteiger partial charge in [-0.1, -0.05) is 40.2 Å². The second kappa shape index (κ2) is 7.78. The number of hydrogen-bond acceptors (Lipinski definition) is 2. The highest BCUT2D eigenvalue weighted by atomic mass is 79.9. The highest BCUT2D eigenvalue weighted by molar-refractivity contribution is 9.10. The highest BCUT2D eigenvalue weighted by Gasteiger charge is 2.35. The first-order valence-electron chi connectivity index (χ1n) is 8.09. The van der Waals surface area contributed by atoms with Crippen molar-refractivity contribution >= 4 is 27.7 Å². The van der Waals surface area contributed by atoms with Gasteiger partial charge in [-0.15, -0.1) is 0 Å². The molecule has 0 aromatic heterocycles. The molecule has 6 heteroatoms. The molecular formula is C19H18BrFN2O2. The molecule has 0 radical (unpaired) electrons. The van der Waals surface area contributed by atoms with Gasteiger partial charge < -0.3 is 10.2 Å². The summed E-state index contributed by atoms with van der Waals surface area (Å²) in [6, 6.07) is 13.2. The first kappa shape index (κ1) is 17.6. The molecule has 1 saturated heterocycles. The van der Waals surface area contributed by atoms with Crippen LogP contribution < -0.4 is 5.32 Å². The molecule has 3 rings (SSSR count).